The average molecular weight is 558 g/mol. The number of aliphatic carboxylic acids is 1. The Morgan fingerprint density at radius 3 is 2.29 bits per heavy atom. The zero-order chi connectivity index (χ0) is 28.9. The molecular formula is C26H43N3O8S. The van der Waals surface area contributed by atoms with Crippen LogP contribution in [0.15, 0.2) is 30.3 Å². The largest absolute Gasteiger partial charge is 0.481 e. The minimum atomic E-state index is -4.25. The maximum atomic E-state index is 13.4. The number of hydrogen-bond donors (Lipinski definition) is 4. The number of esters is 1. The highest BCUT2D eigenvalue weighted by atomic mass is 32.2. The third-order valence-electron chi connectivity index (χ3n) is 5.76. The van der Waals surface area contributed by atoms with E-state index in [0.29, 0.717) is 6.42 Å². The number of carbonyl (C=O) groups is 3. The maximum absolute atomic E-state index is 13.4. The Labute approximate surface area is 226 Å². The van der Waals surface area contributed by atoms with Gasteiger partial charge in [0.15, 0.2) is 0 Å². The molecule has 0 aromatic heterocycles. The molecule has 1 aromatic carbocycles. The summed E-state index contributed by atoms with van der Waals surface area (Å²) in [4.78, 5) is 35.6. The van der Waals surface area contributed by atoms with Crippen LogP contribution in [0.1, 0.15) is 65.9 Å². The van der Waals surface area contributed by atoms with Gasteiger partial charge in [0.25, 0.3) is 10.2 Å². The van der Waals surface area contributed by atoms with Crippen LogP contribution in [0, 0.1) is 5.92 Å². The van der Waals surface area contributed by atoms with Gasteiger partial charge in [0.05, 0.1) is 18.8 Å². The molecule has 12 heteroatoms. The maximum Gasteiger partial charge on any atom is 0.326 e. The Bertz CT molecular complexity index is 999. The average Bonchev–Trinajstić information content (AvgIpc) is 2.80. The fourth-order valence-corrected chi connectivity index (χ4v) is 5.17. The van der Waals surface area contributed by atoms with Gasteiger partial charge in [-0.05, 0) is 51.5 Å². The third kappa shape index (κ3) is 12.3. The van der Waals surface area contributed by atoms with Crippen LogP contribution in [0.5, 0.6) is 0 Å². The zero-order valence-corrected chi connectivity index (χ0v) is 23.8. The predicted molar refractivity (Wildman–Crippen MR) is 143 cm³/mol. The van der Waals surface area contributed by atoms with Crippen molar-refractivity contribution in [1.29, 1.82) is 0 Å². The van der Waals surface area contributed by atoms with Crippen LogP contribution in [0.4, 0.5) is 0 Å². The number of nitrogens with one attached hydrogen (secondary N) is 2. The van der Waals surface area contributed by atoms with Crippen molar-refractivity contribution in [3.05, 3.63) is 35.9 Å². The van der Waals surface area contributed by atoms with Gasteiger partial charge in [-0.15, -0.1) is 0 Å². The molecule has 38 heavy (non-hydrogen) atoms. The van der Waals surface area contributed by atoms with E-state index in [2.05, 4.69) is 10.0 Å². The first kappa shape index (κ1) is 33.5. The molecule has 4 N–H and O–H groups in total. The summed E-state index contributed by atoms with van der Waals surface area (Å²) < 4.78 is 35.2. The molecule has 1 rings (SSSR count). The molecule has 2 atom stereocenters. The summed E-state index contributed by atoms with van der Waals surface area (Å²) in [5.41, 5.74) is -0.724. The van der Waals surface area contributed by atoms with E-state index in [0.717, 1.165) is 9.87 Å². The van der Waals surface area contributed by atoms with E-state index >= 15 is 0 Å². The fourth-order valence-electron chi connectivity index (χ4n) is 3.62. The molecule has 1 amide bonds. The topological polar surface area (TPSA) is 162 Å². The van der Waals surface area contributed by atoms with Gasteiger partial charge in [-0.2, -0.15) is 17.4 Å². The molecule has 216 valence electrons. The first-order valence-electron chi connectivity index (χ1n) is 12.9. The summed E-state index contributed by atoms with van der Waals surface area (Å²) in [6.07, 6.45) is -0.646. The van der Waals surface area contributed by atoms with Gasteiger partial charge in [-0.3, -0.25) is 14.4 Å². The molecule has 0 aliphatic rings. The number of nitrogens with zero attached hydrogens (tertiary/aromatic N) is 1. The second-order valence-corrected chi connectivity index (χ2v) is 11.8. The van der Waals surface area contributed by atoms with Crippen molar-refractivity contribution < 1.29 is 37.8 Å². The van der Waals surface area contributed by atoms with E-state index in [-0.39, 0.29) is 51.3 Å². The SMILES string of the molecule is CCOC(=O)C(C)(C)NS(=O)(=O)N(CCC(C)C)CC(O)C(Cc1ccccc1)NC(=O)CCCC(=O)O. The summed E-state index contributed by atoms with van der Waals surface area (Å²) >= 11 is 0. The molecule has 0 spiro atoms. The third-order valence-corrected chi connectivity index (χ3v) is 7.54. The lowest BCUT2D eigenvalue weighted by atomic mass is 10.0. The molecule has 0 aliphatic carbocycles. The minimum Gasteiger partial charge on any atom is -0.481 e. The molecule has 0 bridgehead atoms. The first-order valence-corrected chi connectivity index (χ1v) is 14.3. The van der Waals surface area contributed by atoms with Crippen LogP contribution < -0.4 is 10.0 Å². The number of amides is 1. The van der Waals surface area contributed by atoms with Gasteiger partial charge < -0.3 is 20.3 Å². The molecule has 0 heterocycles. The van der Waals surface area contributed by atoms with Gasteiger partial charge in [0, 0.05) is 25.9 Å². The summed E-state index contributed by atoms with van der Waals surface area (Å²) in [6.45, 7) is 8.12. The Morgan fingerprint density at radius 2 is 1.74 bits per heavy atom. The second kappa shape index (κ2) is 15.8. The number of rotatable bonds is 18. The number of aliphatic hydroxyl groups excluding tert-OH is 1. The van der Waals surface area contributed by atoms with Crippen LogP contribution in [0.3, 0.4) is 0 Å². The van der Waals surface area contributed by atoms with Crippen molar-refractivity contribution in [3.8, 4) is 0 Å². The number of carboxylic acid groups (broad SMARTS) is 1. The lowest BCUT2D eigenvalue weighted by molar-refractivity contribution is -0.149. The predicted octanol–water partition coefficient (Wildman–Crippen LogP) is 1.85. The number of aliphatic hydroxyl groups is 1. The van der Waals surface area contributed by atoms with Crippen molar-refractivity contribution in [2.45, 2.75) is 84.4 Å². The van der Waals surface area contributed by atoms with Crippen molar-refractivity contribution in [2.75, 3.05) is 19.7 Å². The van der Waals surface area contributed by atoms with Gasteiger partial charge in [0.2, 0.25) is 5.91 Å². The van der Waals surface area contributed by atoms with Crippen LogP contribution in [0.2, 0.25) is 0 Å². The van der Waals surface area contributed by atoms with Gasteiger partial charge in [-0.25, -0.2) is 0 Å². The Balaban J connectivity index is 3.16. The highest BCUT2D eigenvalue weighted by Crippen LogP contribution is 2.15. The Morgan fingerprint density at radius 1 is 1.11 bits per heavy atom. The summed E-state index contributed by atoms with van der Waals surface area (Å²) in [5.74, 6) is -2.02. The first-order chi connectivity index (χ1) is 17.7. The van der Waals surface area contributed by atoms with Crippen molar-refractivity contribution in [1.82, 2.24) is 14.3 Å². The molecule has 0 saturated heterocycles. The zero-order valence-electron chi connectivity index (χ0n) is 23.0. The smallest absolute Gasteiger partial charge is 0.326 e. The van der Waals surface area contributed by atoms with E-state index in [1.165, 1.54) is 13.8 Å². The molecule has 0 radical (unpaired) electrons. The van der Waals surface area contributed by atoms with E-state index in [1.54, 1.807) is 6.92 Å². The van der Waals surface area contributed by atoms with Crippen LogP contribution >= 0.6 is 0 Å². The Kier molecular flexibility index (Phi) is 13.9. The monoisotopic (exact) mass is 557 g/mol. The highest BCUT2D eigenvalue weighted by molar-refractivity contribution is 7.87. The lowest BCUT2D eigenvalue weighted by Crippen LogP contribution is -2.57. The van der Waals surface area contributed by atoms with Gasteiger partial charge in [-0.1, -0.05) is 44.2 Å². The second-order valence-electron chi connectivity index (χ2n) is 10.2. The molecule has 0 saturated carbocycles. The van der Waals surface area contributed by atoms with E-state index in [1.807, 2.05) is 44.2 Å². The molecule has 2 unspecified atom stereocenters. The minimum absolute atomic E-state index is 0.0467. The molecular weight excluding hydrogens is 514 g/mol. The molecule has 1 aromatic rings. The van der Waals surface area contributed by atoms with Crippen molar-refractivity contribution in [2.24, 2.45) is 5.92 Å². The van der Waals surface area contributed by atoms with Crippen molar-refractivity contribution in [3.63, 3.8) is 0 Å². The standard InChI is InChI=1S/C26H43N3O8S/c1-6-37-25(34)26(4,5)28-38(35,36)29(16-15-19(2)3)18-22(30)21(17-20-11-8-7-9-12-20)27-23(31)13-10-14-24(32)33/h7-9,11-12,19,21-22,28,30H,6,10,13-18H2,1-5H3,(H,27,31)(H,32,33). The number of ether oxygens (including phenoxy) is 1. The molecule has 0 fully saturated rings. The normalized spacial score (nSPS) is 13.8. The summed E-state index contributed by atoms with van der Waals surface area (Å²) in [7, 11) is -4.25. The van der Waals surface area contributed by atoms with Gasteiger partial charge >= 0.3 is 11.9 Å². The number of carbonyl (C=O) groups excluding carboxylic acids is 2. The molecule has 11 nitrogen and oxygen atoms in total. The summed E-state index contributed by atoms with van der Waals surface area (Å²) in [5, 5.41) is 22.8. The van der Waals surface area contributed by atoms with Crippen LogP contribution in [-0.4, -0.2) is 78.2 Å². The highest BCUT2D eigenvalue weighted by Gasteiger charge is 2.38. The van der Waals surface area contributed by atoms with Crippen LogP contribution in [-0.2, 0) is 35.8 Å². The number of carboxylic acids is 1. The van der Waals surface area contributed by atoms with E-state index < -0.39 is 45.7 Å². The fraction of sp³-hybridized carbons (Fsp3) is 0.654. The van der Waals surface area contributed by atoms with E-state index in [4.69, 9.17) is 9.84 Å². The van der Waals surface area contributed by atoms with E-state index in [9.17, 15) is 27.9 Å². The summed E-state index contributed by atoms with van der Waals surface area (Å²) in [6, 6.07) is 8.27. The van der Waals surface area contributed by atoms with Crippen molar-refractivity contribution >= 4 is 28.1 Å². The molecule has 0 aliphatic heterocycles. The lowest BCUT2D eigenvalue weighted by Gasteiger charge is -2.32. The quantitative estimate of drug-likeness (QED) is 0.199. The number of hydrogen-bond acceptors (Lipinski definition) is 7. The Hall–Kier alpha value is -2.54. The number of benzene rings is 1. The van der Waals surface area contributed by atoms with Crippen LogP contribution in [0.25, 0.3) is 0 Å². The van der Waals surface area contributed by atoms with Gasteiger partial charge in [0.1, 0.15) is 5.54 Å².